The molecule has 0 radical (unpaired) electrons. The van der Waals surface area contributed by atoms with Gasteiger partial charge in [0.2, 0.25) is 0 Å². The number of hydrogen-bond acceptors (Lipinski definition) is 5. The molecule has 1 atom stereocenters. The SMILES string of the molecule is COc1ccc(C)cc1NC(=O)NC[C@@H](O)CN1CCOCC1. The summed E-state index contributed by atoms with van der Waals surface area (Å²) in [6, 6.07) is 5.18. The van der Waals surface area contributed by atoms with E-state index in [9.17, 15) is 9.90 Å². The van der Waals surface area contributed by atoms with Gasteiger partial charge >= 0.3 is 6.03 Å². The van der Waals surface area contributed by atoms with Crippen LogP contribution in [0, 0.1) is 6.92 Å². The normalized spacial score (nSPS) is 16.7. The number of rotatable bonds is 6. The minimum Gasteiger partial charge on any atom is -0.495 e. The fourth-order valence-electron chi connectivity index (χ4n) is 2.44. The van der Waals surface area contributed by atoms with E-state index in [1.165, 1.54) is 0 Å². The number of nitrogens with zero attached hydrogens (tertiary/aromatic N) is 1. The van der Waals surface area contributed by atoms with Crippen LogP contribution in [-0.4, -0.2) is 68.6 Å². The summed E-state index contributed by atoms with van der Waals surface area (Å²) in [5, 5.41) is 15.4. The van der Waals surface area contributed by atoms with Gasteiger partial charge in [0.15, 0.2) is 0 Å². The first-order valence-corrected chi connectivity index (χ1v) is 7.76. The Labute approximate surface area is 136 Å². The first-order chi connectivity index (χ1) is 11.1. The number of anilines is 1. The van der Waals surface area contributed by atoms with Gasteiger partial charge in [-0.15, -0.1) is 0 Å². The molecular formula is C16H25N3O4. The zero-order valence-corrected chi connectivity index (χ0v) is 13.7. The molecule has 0 spiro atoms. The van der Waals surface area contributed by atoms with Gasteiger partial charge in [0.1, 0.15) is 5.75 Å². The lowest BCUT2D eigenvalue weighted by Crippen LogP contribution is -2.45. The van der Waals surface area contributed by atoms with E-state index in [2.05, 4.69) is 15.5 Å². The van der Waals surface area contributed by atoms with Gasteiger partial charge < -0.3 is 25.2 Å². The molecule has 1 heterocycles. The summed E-state index contributed by atoms with van der Waals surface area (Å²) in [6.45, 7) is 5.65. The van der Waals surface area contributed by atoms with Crippen LogP contribution >= 0.6 is 0 Å². The van der Waals surface area contributed by atoms with Gasteiger partial charge in [0.05, 0.1) is 32.1 Å². The van der Waals surface area contributed by atoms with E-state index < -0.39 is 6.10 Å². The number of β-amino-alcohol motifs (C(OH)–C–C–N with tert-alkyl or cyclic N) is 1. The number of carbonyl (C=O) groups is 1. The Morgan fingerprint density at radius 1 is 1.43 bits per heavy atom. The zero-order chi connectivity index (χ0) is 16.7. The van der Waals surface area contributed by atoms with Crippen molar-refractivity contribution in [1.82, 2.24) is 10.2 Å². The van der Waals surface area contributed by atoms with Gasteiger partial charge in [0, 0.05) is 26.2 Å². The van der Waals surface area contributed by atoms with Crippen LogP contribution in [0.5, 0.6) is 5.75 Å². The highest BCUT2D eigenvalue weighted by Gasteiger charge is 2.15. The molecule has 2 amide bonds. The number of urea groups is 1. The van der Waals surface area contributed by atoms with Crippen LogP contribution in [0.3, 0.4) is 0 Å². The van der Waals surface area contributed by atoms with E-state index in [1.807, 2.05) is 19.1 Å². The number of aliphatic hydroxyl groups is 1. The third-order valence-electron chi connectivity index (χ3n) is 3.67. The highest BCUT2D eigenvalue weighted by atomic mass is 16.5. The topological polar surface area (TPSA) is 83.1 Å². The molecular weight excluding hydrogens is 298 g/mol. The van der Waals surface area contributed by atoms with Gasteiger partial charge in [-0.05, 0) is 24.6 Å². The molecule has 23 heavy (non-hydrogen) atoms. The molecule has 1 aliphatic heterocycles. The molecule has 128 valence electrons. The lowest BCUT2D eigenvalue weighted by molar-refractivity contribution is 0.0154. The maximum atomic E-state index is 12.0. The molecule has 1 aromatic rings. The van der Waals surface area contributed by atoms with Crippen molar-refractivity contribution in [1.29, 1.82) is 0 Å². The average molecular weight is 323 g/mol. The van der Waals surface area contributed by atoms with Crippen molar-refractivity contribution >= 4 is 11.7 Å². The summed E-state index contributed by atoms with van der Waals surface area (Å²) in [6.07, 6.45) is -0.613. The van der Waals surface area contributed by atoms with E-state index in [4.69, 9.17) is 9.47 Å². The number of ether oxygens (including phenoxy) is 2. The Balaban J connectivity index is 1.77. The molecule has 1 fully saturated rings. The largest absolute Gasteiger partial charge is 0.495 e. The maximum Gasteiger partial charge on any atom is 0.319 e. The minimum absolute atomic E-state index is 0.192. The van der Waals surface area contributed by atoms with Crippen LogP contribution in [0.1, 0.15) is 5.56 Å². The smallest absolute Gasteiger partial charge is 0.319 e. The second-order valence-corrected chi connectivity index (χ2v) is 5.61. The molecule has 1 aromatic carbocycles. The van der Waals surface area contributed by atoms with Crippen molar-refractivity contribution in [3.8, 4) is 5.75 Å². The van der Waals surface area contributed by atoms with Crippen molar-refractivity contribution in [2.24, 2.45) is 0 Å². The molecule has 0 saturated carbocycles. The minimum atomic E-state index is -0.613. The van der Waals surface area contributed by atoms with E-state index in [-0.39, 0.29) is 12.6 Å². The predicted molar refractivity (Wildman–Crippen MR) is 88.0 cm³/mol. The van der Waals surface area contributed by atoms with Crippen LogP contribution < -0.4 is 15.4 Å². The fraction of sp³-hybridized carbons (Fsp3) is 0.562. The van der Waals surface area contributed by atoms with Crippen LogP contribution in [-0.2, 0) is 4.74 Å². The molecule has 2 rings (SSSR count). The molecule has 3 N–H and O–H groups in total. The molecule has 0 aromatic heterocycles. The van der Waals surface area contributed by atoms with Crippen LogP contribution in [0.4, 0.5) is 10.5 Å². The van der Waals surface area contributed by atoms with Gasteiger partial charge in [-0.2, -0.15) is 0 Å². The average Bonchev–Trinajstić information content (AvgIpc) is 2.54. The Morgan fingerprint density at radius 2 is 2.17 bits per heavy atom. The number of aliphatic hydroxyl groups excluding tert-OH is 1. The van der Waals surface area contributed by atoms with Crippen molar-refractivity contribution < 1.29 is 19.4 Å². The van der Waals surface area contributed by atoms with Gasteiger partial charge in [-0.25, -0.2) is 4.79 Å². The second kappa shape index (κ2) is 8.71. The van der Waals surface area contributed by atoms with Gasteiger partial charge in [-0.3, -0.25) is 4.90 Å². The third kappa shape index (κ3) is 5.70. The summed E-state index contributed by atoms with van der Waals surface area (Å²) >= 11 is 0. The number of carbonyl (C=O) groups excluding carboxylic acids is 1. The number of aryl methyl sites for hydroxylation is 1. The van der Waals surface area contributed by atoms with Crippen molar-refractivity contribution in [3.63, 3.8) is 0 Å². The highest BCUT2D eigenvalue weighted by molar-refractivity contribution is 5.91. The van der Waals surface area contributed by atoms with Crippen LogP contribution in [0.15, 0.2) is 18.2 Å². The van der Waals surface area contributed by atoms with E-state index in [1.54, 1.807) is 13.2 Å². The van der Waals surface area contributed by atoms with E-state index in [0.29, 0.717) is 31.2 Å². The summed E-state index contributed by atoms with van der Waals surface area (Å²) in [5.41, 5.74) is 1.63. The highest BCUT2D eigenvalue weighted by Crippen LogP contribution is 2.24. The van der Waals surface area contributed by atoms with Crippen molar-refractivity contribution in [2.45, 2.75) is 13.0 Å². The number of benzene rings is 1. The summed E-state index contributed by atoms with van der Waals surface area (Å²) in [7, 11) is 1.56. The van der Waals surface area contributed by atoms with Crippen LogP contribution in [0.25, 0.3) is 0 Å². The molecule has 0 bridgehead atoms. The number of hydrogen-bond donors (Lipinski definition) is 3. The molecule has 1 saturated heterocycles. The molecule has 1 aliphatic rings. The van der Waals surface area contributed by atoms with Gasteiger partial charge in [0.25, 0.3) is 0 Å². The summed E-state index contributed by atoms with van der Waals surface area (Å²) < 4.78 is 10.5. The molecule has 0 aliphatic carbocycles. The van der Waals surface area contributed by atoms with Crippen molar-refractivity contribution in [2.75, 3.05) is 51.8 Å². The first-order valence-electron chi connectivity index (χ1n) is 7.76. The monoisotopic (exact) mass is 323 g/mol. The summed E-state index contributed by atoms with van der Waals surface area (Å²) in [5.74, 6) is 0.597. The number of morpholine rings is 1. The Morgan fingerprint density at radius 3 is 2.87 bits per heavy atom. The maximum absolute atomic E-state index is 12.0. The lowest BCUT2D eigenvalue weighted by Gasteiger charge is -2.28. The Bertz CT molecular complexity index is 518. The Kier molecular flexibility index (Phi) is 6.64. The summed E-state index contributed by atoms with van der Waals surface area (Å²) in [4.78, 5) is 14.1. The quantitative estimate of drug-likeness (QED) is 0.722. The van der Waals surface area contributed by atoms with Crippen LogP contribution in [0.2, 0.25) is 0 Å². The second-order valence-electron chi connectivity index (χ2n) is 5.61. The number of nitrogens with one attached hydrogen (secondary N) is 2. The number of methoxy groups -OCH3 is 1. The first kappa shape index (κ1) is 17.5. The van der Waals surface area contributed by atoms with E-state index in [0.717, 1.165) is 18.7 Å². The molecule has 0 unspecified atom stereocenters. The van der Waals surface area contributed by atoms with E-state index >= 15 is 0 Å². The predicted octanol–water partition coefficient (Wildman–Crippen LogP) is 0.818. The molecule has 7 nitrogen and oxygen atoms in total. The molecule has 7 heteroatoms. The zero-order valence-electron chi connectivity index (χ0n) is 13.7. The number of amides is 2. The van der Waals surface area contributed by atoms with Crippen molar-refractivity contribution in [3.05, 3.63) is 23.8 Å². The Hall–Kier alpha value is -1.83. The van der Waals surface area contributed by atoms with Gasteiger partial charge in [-0.1, -0.05) is 6.07 Å². The fourth-order valence-corrected chi connectivity index (χ4v) is 2.44. The third-order valence-corrected chi connectivity index (χ3v) is 3.67. The standard InChI is InChI=1S/C16H25N3O4/c1-12-3-4-15(22-2)14(9-12)18-16(21)17-10-13(20)11-19-5-7-23-8-6-19/h3-4,9,13,20H,5-8,10-11H2,1-2H3,(H2,17,18,21)/t13-/m1/s1. The lowest BCUT2D eigenvalue weighted by atomic mass is 10.2.